The van der Waals surface area contributed by atoms with E-state index in [9.17, 15) is 8.85 Å². The summed E-state index contributed by atoms with van der Waals surface area (Å²) >= 11 is -5.16. The molecule has 0 unspecified atom stereocenters. The molecule has 0 aliphatic heterocycles. The summed E-state index contributed by atoms with van der Waals surface area (Å²) in [6.45, 7) is 0. The van der Waals surface area contributed by atoms with Crippen molar-refractivity contribution in [2.45, 2.75) is 0 Å². The molecule has 6 nitrogen and oxygen atoms in total. The molecule has 0 fully saturated rings. The van der Waals surface area contributed by atoms with Crippen LogP contribution in [0.3, 0.4) is 0 Å². The molecule has 7 heteroatoms. The van der Waals surface area contributed by atoms with Crippen molar-refractivity contribution >= 4 is 29.9 Å². The Bertz CT molecular complexity index is 652. The summed E-state index contributed by atoms with van der Waals surface area (Å²) < 4.78 is 29.0. The molecule has 0 atom stereocenters. The van der Waals surface area contributed by atoms with Crippen molar-refractivity contribution in [3.05, 3.63) is 48.5 Å². The Kier molecular flexibility index (Phi) is 3.85. The number of nitrogens with zero attached hydrogens (tertiary/aromatic N) is 2. The van der Waals surface area contributed by atoms with Crippen LogP contribution in [0.25, 0.3) is 0 Å². The van der Waals surface area contributed by atoms with Crippen LogP contribution in [0.5, 0.6) is 5.75 Å². The Morgan fingerprint density at radius 3 is 2.16 bits per heavy atom. The van der Waals surface area contributed by atoms with Gasteiger partial charge in [-0.2, -0.15) is 0 Å². The molecule has 0 saturated heterocycles. The minimum absolute atomic E-state index is 0.265. The molecule has 0 aromatic heterocycles. The minimum atomic E-state index is -5.16. The molecule has 2 rings (SSSR count). The topological polar surface area (TPSA) is 102 Å². The van der Waals surface area contributed by atoms with E-state index in [1.54, 1.807) is 24.3 Å². The molecule has 0 amide bonds. The van der Waals surface area contributed by atoms with Crippen LogP contribution in [-0.4, -0.2) is 27.5 Å². The van der Waals surface area contributed by atoms with Crippen LogP contribution in [0, 0.1) is 0 Å². The van der Waals surface area contributed by atoms with E-state index in [0.717, 1.165) is 6.07 Å². The van der Waals surface area contributed by atoms with Gasteiger partial charge in [0.15, 0.2) is 0 Å². The van der Waals surface area contributed by atoms with Crippen LogP contribution in [0.4, 0.5) is 11.4 Å². The van der Waals surface area contributed by atoms with Gasteiger partial charge in [0.1, 0.15) is 0 Å². The molecule has 0 aliphatic rings. The van der Waals surface area contributed by atoms with Gasteiger partial charge in [0.05, 0.1) is 0 Å². The van der Waals surface area contributed by atoms with Crippen molar-refractivity contribution in [2.24, 2.45) is 10.2 Å². The van der Waals surface area contributed by atoms with E-state index >= 15 is 0 Å². The molecule has 0 heterocycles. The second-order valence-corrected chi connectivity index (χ2v) is 7.05. The van der Waals surface area contributed by atoms with E-state index < -0.39 is 24.3 Å². The van der Waals surface area contributed by atoms with Crippen molar-refractivity contribution < 1.29 is 17.0 Å². The zero-order valence-corrected chi connectivity index (χ0v) is 11.6. The summed E-state index contributed by atoms with van der Waals surface area (Å²) in [7, 11) is 0. The number of rotatable bonds is 3. The molecule has 98 valence electrons. The normalized spacial score (nSPS) is 11.9. The van der Waals surface area contributed by atoms with Crippen LogP contribution in [0.15, 0.2) is 58.8 Å². The second kappa shape index (κ2) is 5.40. The van der Waals surface area contributed by atoms with Crippen molar-refractivity contribution in [2.75, 3.05) is 0 Å². The van der Waals surface area contributed by atoms with Gasteiger partial charge in [-0.05, 0) is 0 Å². The fourth-order valence-corrected chi connectivity index (χ4v) is 2.83. The third kappa shape index (κ3) is 3.54. The van der Waals surface area contributed by atoms with E-state index in [0.29, 0.717) is 5.69 Å². The van der Waals surface area contributed by atoms with E-state index in [2.05, 4.69) is 10.2 Å². The van der Waals surface area contributed by atoms with Crippen LogP contribution >= 0.6 is 0 Å². The van der Waals surface area contributed by atoms with Gasteiger partial charge in [-0.15, -0.1) is 0 Å². The average molecular weight is 322 g/mol. The van der Waals surface area contributed by atoms with Gasteiger partial charge in [0.2, 0.25) is 0 Å². The molecule has 0 bridgehead atoms. The Hall–Kier alpha value is -1.88. The van der Waals surface area contributed by atoms with Crippen molar-refractivity contribution in [1.29, 1.82) is 0 Å². The molecular weight excluding hydrogens is 311 g/mol. The summed E-state index contributed by atoms with van der Waals surface area (Å²) in [5.41, 5.74) is 0.889. The molecule has 0 spiro atoms. The number of aromatic hydroxyl groups is 1. The molecule has 0 aliphatic carbocycles. The molecule has 2 aromatic rings. The first-order valence-electron chi connectivity index (χ1n) is 5.33. The fraction of sp³-hybridized carbons (Fsp3) is 0. The van der Waals surface area contributed by atoms with Crippen molar-refractivity contribution in [1.82, 2.24) is 0 Å². The third-order valence-electron chi connectivity index (χ3n) is 2.31. The van der Waals surface area contributed by atoms with Gasteiger partial charge in [-0.3, -0.25) is 0 Å². The zero-order valence-electron chi connectivity index (χ0n) is 9.71. The SMILES string of the molecule is O=[As](O)(O)c1cc(N=Nc2ccccc2)ccc1O. The van der Waals surface area contributed by atoms with Gasteiger partial charge >= 0.3 is 111 Å². The predicted molar refractivity (Wildman–Crippen MR) is 69.2 cm³/mol. The maximum absolute atomic E-state index is 11.2. The van der Waals surface area contributed by atoms with Crippen molar-refractivity contribution in [3.63, 3.8) is 0 Å². The van der Waals surface area contributed by atoms with Gasteiger partial charge in [-0.1, -0.05) is 0 Å². The summed E-state index contributed by atoms with van der Waals surface area (Å²) in [4.78, 5) is 0. The number of hydrogen-bond acceptors (Lipinski definition) is 4. The maximum atomic E-state index is 11.2. The zero-order chi connectivity index (χ0) is 13.9. The fourth-order valence-electron chi connectivity index (χ4n) is 1.42. The van der Waals surface area contributed by atoms with Crippen LogP contribution in [0.1, 0.15) is 0 Å². The predicted octanol–water partition coefficient (Wildman–Crippen LogP) is 1.37. The van der Waals surface area contributed by atoms with Gasteiger partial charge in [-0.25, -0.2) is 0 Å². The van der Waals surface area contributed by atoms with E-state index in [1.807, 2.05) is 6.07 Å². The molecule has 0 radical (unpaired) electrons. The second-order valence-electron chi connectivity index (χ2n) is 3.75. The van der Waals surface area contributed by atoms with Crippen molar-refractivity contribution in [3.8, 4) is 5.75 Å². The molecule has 0 saturated carbocycles. The quantitative estimate of drug-likeness (QED) is 0.586. The van der Waals surface area contributed by atoms with Crippen LogP contribution in [0.2, 0.25) is 0 Å². The van der Waals surface area contributed by atoms with Crippen LogP contribution in [-0.2, 0) is 3.74 Å². The molecular formula is C12H11AsN2O4. The molecule has 2 aromatic carbocycles. The Morgan fingerprint density at radius 1 is 0.895 bits per heavy atom. The number of phenolic OH excluding ortho intramolecular Hbond substituents is 1. The first kappa shape index (κ1) is 13.5. The van der Waals surface area contributed by atoms with Gasteiger partial charge < -0.3 is 0 Å². The average Bonchev–Trinajstić information content (AvgIpc) is 2.37. The van der Waals surface area contributed by atoms with E-state index in [1.165, 1.54) is 12.1 Å². The van der Waals surface area contributed by atoms with Gasteiger partial charge in [0.25, 0.3) is 0 Å². The first-order valence-corrected chi connectivity index (χ1v) is 8.71. The third-order valence-corrected chi connectivity index (χ3v) is 4.38. The Morgan fingerprint density at radius 2 is 1.53 bits per heavy atom. The number of azo groups is 1. The summed E-state index contributed by atoms with van der Waals surface area (Å²) in [5.74, 6) is -0.439. The Balaban J connectivity index is 2.32. The number of hydrogen-bond donors (Lipinski definition) is 3. The summed E-state index contributed by atoms with van der Waals surface area (Å²) in [6.07, 6.45) is 0. The van der Waals surface area contributed by atoms with Gasteiger partial charge in [0, 0.05) is 0 Å². The molecule has 3 N–H and O–H groups in total. The summed E-state index contributed by atoms with van der Waals surface area (Å²) in [6, 6.07) is 12.7. The summed E-state index contributed by atoms with van der Waals surface area (Å²) in [5, 5.41) is 17.2. The monoisotopic (exact) mass is 322 g/mol. The molecule has 19 heavy (non-hydrogen) atoms. The van der Waals surface area contributed by atoms with Crippen LogP contribution < -0.4 is 4.35 Å². The van der Waals surface area contributed by atoms with E-state index in [4.69, 9.17) is 8.19 Å². The Labute approximate surface area is 112 Å². The van der Waals surface area contributed by atoms with E-state index in [-0.39, 0.29) is 5.69 Å². The number of phenols is 1. The number of benzene rings is 2. The standard InChI is InChI=1S/C12H11AsN2O4/c16-12-7-6-10(8-11(12)13(17,18)19)15-14-9-4-2-1-3-5-9/h1-8,16H,(H2,17,18,19). The first-order chi connectivity index (χ1) is 8.97.